The highest BCUT2D eigenvalue weighted by molar-refractivity contribution is 6.12. The van der Waals surface area contributed by atoms with Crippen molar-refractivity contribution >= 4 is 17.5 Å². The van der Waals surface area contributed by atoms with Crippen molar-refractivity contribution in [3.8, 4) is 6.07 Å². The van der Waals surface area contributed by atoms with Crippen molar-refractivity contribution in [3.05, 3.63) is 69.2 Å². The van der Waals surface area contributed by atoms with E-state index in [-0.39, 0.29) is 17.0 Å². The molecule has 110 valence electrons. The smallest absolute Gasteiger partial charge is 0.273 e. The van der Waals surface area contributed by atoms with Crippen LogP contribution in [0.4, 0.5) is 5.69 Å². The van der Waals surface area contributed by atoms with Gasteiger partial charge >= 0.3 is 0 Å². The molecule has 1 aromatic heterocycles. The van der Waals surface area contributed by atoms with Gasteiger partial charge in [0.05, 0.1) is 11.2 Å². The van der Waals surface area contributed by atoms with Crippen LogP contribution in [-0.4, -0.2) is 10.7 Å². The van der Waals surface area contributed by atoms with Crippen LogP contribution >= 0.6 is 0 Å². The fourth-order valence-electron chi connectivity index (χ4n) is 2.00. The molecule has 0 aliphatic rings. The second kappa shape index (κ2) is 6.50. The minimum Gasteiger partial charge on any atom is -0.461 e. The van der Waals surface area contributed by atoms with Gasteiger partial charge in [-0.05, 0) is 30.2 Å². The van der Waals surface area contributed by atoms with Crippen LogP contribution in [0, 0.1) is 21.4 Å². The summed E-state index contributed by atoms with van der Waals surface area (Å²) in [6, 6.07) is 9.41. The Kier molecular flexibility index (Phi) is 4.49. The van der Waals surface area contributed by atoms with Crippen LogP contribution in [0.3, 0.4) is 0 Å². The fourth-order valence-corrected chi connectivity index (χ4v) is 2.00. The van der Waals surface area contributed by atoms with E-state index in [2.05, 4.69) is 0 Å². The molecule has 1 aromatic carbocycles. The Morgan fingerprint density at radius 2 is 2.23 bits per heavy atom. The van der Waals surface area contributed by atoms with Gasteiger partial charge < -0.3 is 4.42 Å². The van der Waals surface area contributed by atoms with Crippen LogP contribution in [0.1, 0.15) is 28.6 Å². The summed E-state index contributed by atoms with van der Waals surface area (Å²) < 4.78 is 4.96. The summed E-state index contributed by atoms with van der Waals surface area (Å²) >= 11 is 0. The van der Waals surface area contributed by atoms with E-state index in [0.29, 0.717) is 17.5 Å². The van der Waals surface area contributed by atoms with Crippen molar-refractivity contribution < 1.29 is 14.1 Å². The van der Waals surface area contributed by atoms with Gasteiger partial charge in [0, 0.05) is 11.6 Å². The summed E-state index contributed by atoms with van der Waals surface area (Å²) in [5.41, 5.74) is 0.839. The third-order valence-electron chi connectivity index (χ3n) is 3.11. The average Bonchev–Trinajstić information content (AvgIpc) is 3.06. The van der Waals surface area contributed by atoms with Crippen LogP contribution in [0.25, 0.3) is 6.08 Å². The minimum atomic E-state index is -0.560. The highest BCUT2D eigenvalue weighted by Crippen LogP contribution is 2.23. The number of nitriles is 1. The van der Waals surface area contributed by atoms with Gasteiger partial charge in [-0.25, -0.2) is 0 Å². The van der Waals surface area contributed by atoms with Gasteiger partial charge in [0.1, 0.15) is 11.6 Å². The van der Waals surface area contributed by atoms with E-state index in [1.165, 1.54) is 24.5 Å². The molecule has 0 atom stereocenters. The number of aryl methyl sites for hydroxylation is 1. The number of benzene rings is 1. The first-order chi connectivity index (χ1) is 10.6. The molecular formula is C16H12N2O4. The summed E-state index contributed by atoms with van der Waals surface area (Å²) in [6.07, 6.45) is 3.18. The van der Waals surface area contributed by atoms with Crippen LogP contribution in [0.2, 0.25) is 0 Å². The maximum atomic E-state index is 12.1. The van der Waals surface area contributed by atoms with Crippen molar-refractivity contribution in [2.24, 2.45) is 0 Å². The van der Waals surface area contributed by atoms with Crippen LogP contribution < -0.4 is 0 Å². The Bertz CT molecular complexity index is 783. The lowest BCUT2D eigenvalue weighted by Crippen LogP contribution is -2.00. The molecule has 0 unspecified atom stereocenters. The molecule has 0 aliphatic carbocycles. The SMILES string of the molecule is CCc1ccc(/C=C(\C#N)C(=O)c2ccco2)cc1[N+](=O)[O-]. The summed E-state index contributed by atoms with van der Waals surface area (Å²) in [4.78, 5) is 22.6. The summed E-state index contributed by atoms with van der Waals surface area (Å²) in [5, 5.41) is 20.2. The van der Waals surface area contributed by atoms with Crippen molar-refractivity contribution in [1.29, 1.82) is 5.26 Å². The summed E-state index contributed by atoms with van der Waals surface area (Å²) in [7, 11) is 0. The van der Waals surface area contributed by atoms with E-state index in [1.807, 2.05) is 6.92 Å². The topological polar surface area (TPSA) is 97.1 Å². The molecule has 6 nitrogen and oxygen atoms in total. The van der Waals surface area contributed by atoms with E-state index in [9.17, 15) is 14.9 Å². The molecular weight excluding hydrogens is 284 g/mol. The Balaban J connectivity index is 2.42. The Morgan fingerprint density at radius 1 is 1.45 bits per heavy atom. The average molecular weight is 296 g/mol. The van der Waals surface area contributed by atoms with Crippen LogP contribution in [0.15, 0.2) is 46.6 Å². The van der Waals surface area contributed by atoms with Gasteiger partial charge in [0.2, 0.25) is 5.78 Å². The number of carbonyl (C=O) groups excluding carboxylic acids is 1. The van der Waals surface area contributed by atoms with E-state index >= 15 is 0 Å². The number of nitrogens with zero attached hydrogens (tertiary/aromatic N) is 2. The molecule has 0 amide bonds. The van der Waals surface area contributed by atoms with Crippen LogP contribution in [0.5, 0.6) is 0 Å². The first-order valence-corrected chi connectivity index (χ1v) is 6.54. The molecule has 0 saturated carbocycles. The molecule has 0 spiro atoms. The zero-order chi connectivity index (χ0) is 16.1. The summed E-state index contributed by atoms with van der Waals surface area (Å²) in [6.45, 7) is 1.82. The zero-order valence-corrected chi connectivity index (χ0v) is 11.8. The van der Waals surface area contributed by atoms with E-state index in [1.54, 1.807) is 24.3 Å². The molecule has 0 radical (unpaired) electrons. The highest BCUT2D eigenvalue weighted by atomic mass is 16.6. The molecule has 2 aromatic rings. The number of rotatable bonds is 5. The summed E-state index contributed by atoms with van der Waals surface area (Å²) in [5.74, 6) is -0.512. The number of nitro benzene ring substituents is 1. The first kappa shape index (κ1) is 15.2. The maximum absolute atomic E-state index is 12.1. The number of furan rings is 1. The van der Waals surface area contributed by atoms with Crippen molar-refractivity contribution in [2.45, 2.75) is 13.3 Å². The van der Waals surface area contributed by atoms with E-state index in [0.717, 1.165) is 0 Å². The number of ketones is 1. The van der Waals surface area contributed by atoms with Crippen LogP contribution in [-0.2, 0) is 6.42 Å². The van der Waals surface area contributed by atoms with Gasteiger partial charge in [-0.2, -0.15) is 5.26 Å². The first-order valence-electron chi connectivity index (χ1n) is 6.54. The van der Waals surface area contributed by atoms with E-state index in [4.69, 9.17) is 9.68 Å². The predicted molar refractivity (Wildman–Crippen MR) is 79.1 cm³/mol. The normalized spacial score (nSPS) is 11.0. The molecule has 22 heavy (non-hydrogen) atoms. The lowest BCUT2D eigenvalue weighted by Gasteiger charge is -2.02. The third-order valence-corrected chi connectivity index (χ3v) is 3.11. The largest absolute Gasteiger partial charge is 0.461 e. The van der Waals surface area contributed by atoms with Crippen molar-refractivity contribution in [2.75, 3.05) is 0 Å². The lowest BCUT2D eigenvalue weighted by molar-refractivity contribution is -0.385. The Labute approximate surface area is 126 Å². The quantitative estimate of drug-likeness (QED) is 0.276. The van der Waals surface area contributed by atoms with Gasteiger partial charge in [-0.15, -0.1) is 0 Å². The maximum Gasteiger partial charge on any atom is 0.273 e. The second-order valence-electron chi connectivity index (χ2n) is 4.48. The second-order valence-corrected chi connectivity index (χ2v) is 4.48. The van der Waals surface area contributed by atoms with Crippen molar-refractivity contribution in [3.63, 3.8) is 0 Å². The minimum absolute atomic E-state index is 0.0287. The van der Waals surface area contributed by atoms with Gasteiger partial charge in [0.25, 0.3) is 5.69 Å². The number of carbonyl (C=O) groups is 1. The van der Waals surface area contributed by atoms with Gasteiger partial charge in [-0.3, -0.25) is 14.9 Å². The molecule has 6 heteroatoms. The predicted octanol–water partition coefficient (Wildman–Crippen LogP) is 3.54. The number of allylic oxidation sites excluding steroid dienone is 1. The number of hydrogen-bond acceptors (Lipinski definition) is 5. The van der Waals surface area contributed by atoms with Gasteiger partial charge in [-0.1, -0.05) is 19.1 Å². The van der Waals surface area contributed by atoms with E-state index < -0.39 is 10.7 Å². The Hall–Kier alpha value is -3.20. The molecule has 0 fully saturated rings. The number of nitro groups is 1. The number of Topliss-reactive ketones (excluding diaryl/α,β-unsaturated/α-hetero) is 1. The fraction of sp³-hybridized carbons (Fsp3) is 0.125. The standard InChI is InChI=1S/C16H12N2O4/c1-2-12-6-5-11(9-14(12)18(20)21)8-13(10-17)16(19)15-4-3-7-22-15/h3-9H,2H2,1H3/b13-8+. The zero-order valence-electron chi connectivity index (χ0n) is 11.8. The lowest BCUT2D eigenvalue weighted by atomic mass is 10.0. The molecule has 0 saturated heterocycles. The molecule has 0 bridgehead atoms. The monoisotopic (exact) mass is 296 g/mol. The third kappa shape index (κ3) is 3.10. The molecule has 0 aliphatic heterocycles. The van der Waals surface area contributed by atoms with Crippen molar-refractivity contribution in [1.82, 2.24) is 0 Å². The number of hydrogen-bond donors (Lipinski definition) is 0. The molecule has 2 rings (SSSR count). The highest BCUT2D eigenvalue weighted by Gasteiger charge is 2.16. The van der Waals surface area contributed by atoms with Gasteiger partial charge in [0.15, 0.2) is 5.76 Å². The molecule has 0 N–H and O–H groups in total. The molecule has 1 heterocycles. The Morgan fingerprint density at radius 3 is 2.77 bits per heavy atom.